The highest BCUT2D eigenvalue weighted by molar-refractivity contribution is 5.95. The van der Waals surface area contributed by atoms with Crippen LogP contribution < -0.4 is 25.4 Å². The van der Waals surface area contributed by atoms with Crippen LogP contribution in [0.4, 0.5) is 5.69 Å². The molecule has 2 aromatic carbocycles. The first-order chi connectivity index (χ1) is 21.1. The molecule has 1 fully saturated rings. The van der Waals surface area contributed by atoms with Crippen molar-refractivity contribution in [2.75, 3.05) is 31.6 Å². The number of unbranched alkanes of at least 4 members (excludes halogenated alkanes) is 2. The smallest absolute Gasteiger partial charge is 0.251 e. The second-order valence-corrected chi connectivity index (χ2v) is 11.1. The van der Waals surface area contributed by atoms with E-state index in [2.05, 4.69) is 38.1 Å². The van der Waals surface area contributed by atoms with E-state index in [9.17, 15) is 4.79 Å². The number of hydrogen-bond donors (Lipinski definition) is 3. The van der Waals surface area contributed by atoms with E-state index >= 15 is 0 Å². The molecule has 43 heavy (non-hydrogen) atoms. The number of aromatic nitrogens is 3. The maximum Gasteiger partial charge on any atom is 0.251 e. The van der Waals surface area contributed by atoms with Gasteiger partial charge in [0.25, 0.3) is 5.91 Å². The maximum atomic E-state index is 13.5. The number of hydrogen-bond acceptors (Lipinski definition) is 9. The van der Waals surface area contributed by atoms with Crippen molar-refractivity contribution in [3.05, 3.63) is 84.0 Å². The lowest BCUT2D eigenvalue weighted by atomic mass is 9.87. The third-order valence-corrected chi connectivity index (χ3v) is 8.07. The Labute approximate surface area is 251 Å². The summed E-state index contributed by atoms with van der Waals surface area (Å²) in [4.78, 5) is 17.6. The van der Waals surface area contributed by atoms with Gasteiger partial charge in [0.2, 0.25) is 11.8 Å². The fourth-order valence-corrected chi connectivity index (χ4v) is 5.68. The van der Waals surface area contributed by atoms with Crippen LogP contribution in [-0.4, -0.2) is 47.4 Å². The summed E-state index contributed by atoms with van der Waals surface area (Å²) in [6.07, 6.45) is 8.90. The molecule has 0 spiro atoms. The molecule has 0 unspecified atom stereocenters. The van der Waals surface area contributed by atoms with E-state index in [-0.39, 0.29) is 11.9 Å². The first-order valence-corrected chi connectivity index (χ1v) is 15.2. The number of rotatable bonds is 11. The van der Waals surface area contributed by atoms with Gasteiger partial charge < -0.3 is 29.8 Å². The summed E-state index contributed by atoms with van der Waals surface area (Å²) in [5.41, 5.74) is 2.58. The zero-order valence-electron chi connectivity index (χ0n) is 24.5. The monoisotopic (exact) mass is 582 g/mol. The van der Waals surface area contributed by atoms with Crippen LogP contribution in [0.25, 0.3) is 11.5 Å². The van der Waals surface area contributed by atoms with Gasteiger partial charge in [0.1, 0.15) is 17.0 Å². The Morgan fingerprint density at radius 3 is 2.77 bits per heavy atom. The Morgan fingerprint density at radius 2 is 1.93 bits per heavy atom. The lowest BCUT2D eigenvalue weighted by Crippen LogP contribution is -2.45. The second kappa shape index (κ2) is 13.2. The van der Waals surface area contributed by atoms with Crippen molar-refractivity contribution in [2.45, 2.75) is 57.0 Å². The molecule has 0 aliphatic carbocycles. The molecule has 2 aromatic heterocycles. The highest BCUT2D eigenvalue weighted by Gasteiger charge is 2.39. The molecule has 4 heterocycles. The molecule has 1 amide bonds. The Balaban J connectivity index is 1.18. The minimum absolute atomic E-state index is 0.145. The van der Waals surface area contributed by atoms with Crippen LogP contribution in [0.2, 0.25) is 0 Å². The van der Waals surface area contributed by atoms with E-state index in [1.807, 2.05) is 54.6 Å². The van der Waals surface area contributed by atoms with Crippen LogP contribution in [0.1, 0.15) is 73.3 Å². The summed E-state index contributed by atoms with van der Waals surface area (Å²) < 4.78 is 18.1. The summed E-state index contributed by atoms with van der Waals surface area (Å²) in [7, 11) is 0. The van der Waals surface area contributed by atoms with Gasteiger partial charge in [0.15, 0.2) is 0 Å². The quantitative estimate of drug-likeness (QED) is 0.193. The van der Waals surface area contributed by atoms with Gasteiger partial charge in [0.05, 0.1) is 19.3 Å². The molecule has 1 atom stereocenters. The molecule has 0 radical (unpaired) electrons. The highest BCUT2D eigenvalue weighted by atomic mass is 16.5. The van der Waals surface area contributed by atoms with E-state index < -0.39 is 5.54 Å². The minimum Gasteiger partial charge on any atom is -0.494 e. The minimum atomic E-state index is -0.564. The van der Waals surface area contributed by atoms with Crippen LogP contribution in [0.5, 0.6) is 11.5 Å². The predicted molar refractivity (Wildman–Crippen MR) is 163 cm³/mol. The van der Waals surface area contributed by atoms with Gasteiger partial charge in [-0.2, -0.15) is 0 Å². The average Bonchev–Trinajstić information content (AvgIpc) is 3.56. The van der Waals surface area contributed by atoms with Gasteiger partial charge in [-0.05, 0) is 80.9 Å². The summed E-state index contributed by atoms with van der Waals surface area (Å²) in [6, 6.07) is 17.0. The van der Waals surface area contributed by atoms with Crippen molar-refractivity contribution in [1.82, 2.24) is 25.8 Å². The summed E-state index contributed by atoms with van der Waals surface area (Å²) in [5.74, 6) is 2.42. The normalized spacial score (nSPS) is 17.4. The maximum absolute atomic E-state index is 13.5. The van der Waals surface area contributed by atoms with Gasteiger partial charge in [-0.15, -0.1) is 10.2 Å². The lowest BCUT2D eigenvalue weighted by molar-refractivity contribution is 0.0924. The van der Waals surface area contributed by atoms with Crippen molar-refractivity contribution in [3.8, 4) is 23.0 Å². The molecule has 2 aliphatic heterocycles. The number of piperidine rings is 1. The third kappa shape index (κ3) is 6.64. The zero-order chi connectivity index (χ0) is 29.5. The molecular formula is C33H38N6O4. The molecule has 10 heteroatoms. The summed E-state index contributed by atoms with van der Waals surface area (Å²) >= 11 is 0. The first-order valence-electron chi connectivity index (χ1n) is 15.2. The Morgan fingerprint density at radius 1 is 1.07 bits per heavy atom. The Kier molecular flexibility index (Phi) is 8.83. The molecule has 3 N–H and O–H groups in total. The molecule has 1 saturated heterocycles. The Hall–Kier alpha value is -4.44. The van der Waals surface area contributed by atoms with Crippen LogP contribution in [0, 0.1) is 0 Å². The number of anilines is 1. The fraction of sp³-hybridized carbons (Fsp3) is 0.394. The molecule has 6 rings (SSSR count). The van der Waals surface area contributed by atoms with Gasteiger partial charge in [-0.1, -0.05) is 25.8 Å². The average molecular weight is 583 g/mol. The first kappa shape index (κ1) is 28.7. The van der Waals surface area contributed by atoms with Crippen molar-refractivity contribution >= 4 is 11.6 Å². The Bertz CT molecular complexity index is 1520. The third-order valence-electron chi connectivity index (χ3n) is 8.07. The van der Waals surface area contributed by atoms with Crippen LogP contribution >= 0.6 is 0 Å². The van der Waals surface area contributed by atoms with E-state index in [4.69, 9.17) is 13.9 Å². The van der Waals surface area contributed by atoms with E-state index in [0.29, 0.717) is 37.0 Å². The topological polar surface area (TPSA) is 123 Å². The number of benzene rings is 2. The van der Waals surface area contributed by atoms with Crippen molar-refractivity contribution in [3.63, 3.8) is 0 Å². The number of amides is 1. The highest BCUT2D eigenvalue weighted by Crippen LogP contribution is 2.37. The number of fused-ring (bicyclic) bond motifs is 1. The summed E-state index contributed by atoms with van der Waals surface area (Å²) in [5, 5.41) is 19.1. The van der Waals surface area contributed by atoms with Gasteiger partial charge in [0, 0.05) is 41.2 Å². The molecule has 224 valence electrons. The van der Waals surface area contributed by atoms with E-state index in [1.54, 1.807) is 12.4 Å². The zero-order valence-corrected chi connectivity index (χ0v) is 24.5. The van der Waals surface area contributed by atoms with Gasteiger partial charge in [-0.25, -0.2) is 0 Å². The molecule has 10 nitrogen and oxygen atoms in total. The van der Waals surface area contributed by atoms with Crippen LogP contribution in [-0.2, 0) is 5.54 Å². The number of ether oxygens (including phenoxy) is 2. The number of carbonyl (C=O) groups excluding carboxylic acids is 1. The van der Waals surface area contributed by atoms with E-state index in [0.717, 1.165) is 73.5 Å². The number of nitrogens with one attached hydrogen (secondary N) is 3. The van der Waals surface area contributed by atoms with Crippen LogP contribution in [0.3, 0.4) is 0 Å². The van der Waals surface area contributed by atoms with Crippen molar-refractivity contribution in [2.24, 2.45) is 0 Å². The van der Waals surface area contributed by atoms with Crippen LogP contribution in [0.15, 0.2) is 71.4 Å². The lowest BCUT2D eigenvalue weighted by Gasteiger charge is -2.36. The summed E-state index contributed by atoms with van der Waals surface area (Å²) in [6.45, 7) is 4.99. The standard InChI is InChI=1S/C33H38N6O4/c1-2-3-4-19-41-26-8-9-29-27(22-26)28(12-20-42-29)36-30(40)24-6-5-7-25(21-24)37-33(13-17-35-18-14-33)32-39-38-31(43-32)23-10-15-34-16-11-23/h5-11,15-16,21-22,28,35,37H,2-4,12-14,17-20H2,1H3,(H,36,40)/t28-/m0/s1. The van der Waals surface area contributed by atoms with Crippen molar-refractivity contribution in [1.29, 1.82) is 0 Å². The number of nitrogens with zero attached hydrogens (tertiary/aromatic N) is 3. The largest absolute Gasteiger partial charge is 0.494 e. The number of pyridine rings is 1. The molecule has 2 aliphatic rings. The molecule has 0 saturated carbocycles. The fourth-order valence-electron chi connectivity index (χ4n) is 5.68. The van der Waals surface area contributed by atoms with Crippen molar-refractivity contribution < 1.29 is 18.7 Å². The van der Waals surface area contributed by atoms with E-state index in [1.165, 1.54) is 0 Å². The number of carbonyl (C=O) groups is 1. The van der Waals surface area contributed by atoms with Gasteiger partial charge >= 0.3 is 0 Å². The van der Waals surface area contributed by atoms with Gasteiger partial charge in [-0.3, -0.25) is 9.78 Å². The molecular weight excluding hydrogens is 544 g/mol. The predicted octanol–water partition coefficient (Wildman–Crippen LogP) is 5.65. The molecule has 4 aromatic rings. The molecule has 0 bridgehead atoms. The SMILES string of the molecule is CCCCCOc1ccc2c(c1)[C@@H](NC(=O)c1cccc(NC3(c4nnc(-c5ccncc5)o4)CCNCC3)c1)CCO2. The second-order valence-electron chi connectivity index (χ2n) is 11.1.